The Hall–Kier alpha value is -2.21. The summed E-state index contributed by atoms with van der Waals surface area (Å²) in [5, 5.41) is 0.947. The van der Waals surface area contributed by atoms with E-state index in [2.05, 4.69) is 9.88 Å². The fourth-order valence-corrected chi connectivity index (χ4v) is 2.75. The smallest absolute Gasteiger partial charge is 0.231 e. The second-order valence-electron chi connectivity index (χ2n) is 5.22. The van der Waals surface area contributed by atoms with Gasteiger partial charge in [-0.15, -0.1) is 0 Å². The number of rotatable bonds is 3. The molecule has 0 spiro atoms. The minimum atomic E-state index is -0.298. The van der Waals surface area contributed by atoms with Crippen molar-refractivity contribution < 1.29 is 9.18 Å². The molecule has 0 bridgehead atoms. The number of nitrogens with two attached hydrogens (primary N) is 1. The van der Waals surface area contributed by atoms with Gasteiger partial charge in [0.15, 0.2) is 0 Å². The molecular weight excluding hydrogens is 271 g/mol. The number of aromatic nitrogens is 1. The molecule has 0 aliphatic carbocycles. The van der Waals surface area contributed by atoms with Gasteiger partial charge in [-0.05, 0) is 18.2 Å². The lowest BCUT2D eigenvalue weighted by molar-refractivity contribution is -0.119. The highest BCUT2D eigenvalue weighted by Crippen LogP contribution is 2.26. The summed E-state index contributed by atoms with van der Waals surface area (Å²) in [7, 11) is 0. The van der Waals surface area contributed by atoms with Crippen molar-refractivity contribution >= 4 is 22.5 Å². The minimum absolute atomic E-state index is 0.279. The number of piperazine rings is 1. The third kappa shape index (κ3) is 2.95. The van der Waals surface area contributed by atoms with Crippen molar-refractivity contribution in [3.05, 3.63) is 36.3 Å². The molecular formula is C15H17FN4O. The number of carbonyl (C=O) groups is 1. The Morgan fingerprint density at radius 3 is 2.71 bits per heavy atom. The molecule has 1 aliphatic heterocycles. The van der Waals surface area contributed by atoms with Crippen molar-refractivity contribution in [3.8, 4) is 0 Å². The van der Waals surface area contributed by atoms with Gasteiger partial charge in [0.05, 0.1) is 12.1 Å². The molecule has 1 aromatic heterocycles. The first-order chi connectivity index (χ1) is 10.1. The Balaban J connectivity index is 1.81. The van der Waals surface area contributed by atoms with Crippen LogP contribution in [-0.2, 0) is 4.79 Å². The van der Waals surface area contributed by atoms with E-state index in [4.69, 9.17) is 5.73 Å². The Kier molecular flexibility index (Phi) is 3.70. The van der Waals surface area contributed by atoms with Crippen LogP contribution in [0.1, 0.15) is 0 Å². The van der Waals surface area contributed by atoms with Crippen molar-refractivity contribution in [2.75, 3.05) is 37.6 Å². The van der Waals surface area contributed by atoms with Gasteiger partial charge in [-0.1, -0.05) is 0 Å². The molecule has 2 heterocycles. The van der Waals surface area contributed by atoms with E-state index in [-0.39, 0.29) is 11.7 Å². The van der Waals surface area contributed by atoms with Crippen LogP contribution in [-0.4, -0.2) is 48.5 Å². The predicted octanol–water partition coefficient (Wildman–Crippen LogP) is 0.981. The summed E-state index contributed by atoms with van der Waals surface area (Å²) in [6, 6.07) is 6.62. The van der Waals surface area contributed by atoms with E-state index in [0.29, 0.717) is 12.1 Å². The molecule has 0 unspecified atom stereocenters. The lowest BCUT2D eigenvalue weighted by Gasteiger charge is -2.35. The SMILES string of the molecule is NC(=O)CN1CCN(c2ccnc3cc(F)ccc23)CC1. The monoisotopic (exact) mass is 288 g/mol. The van der Waals surface area contributed by atoms with E-state index in [0.717, 1.165) is 37.3 Å². The third-order valence-corrected chi connectivity index (χ3v) is 3.77. The lowest BCUT2D eigenvalue weighted by Crippen LogP contribution is -2.48. The zero-order chi connectivity index (χ0) is 14.8. The fourth-order valence-electron chi connectivity index (χ4n) is 2.75. The van der Waals surface area contributed by atoms with E-state index in [1.165, 1.54) is 12.1 Å². The van der Waals surface area contributed by atoms with Gasteiger partial charge in [0.2, 0.25) is 5.91 Å². The van der Waals surface area contributed by atoms with Gasteiger partial charge in [-0.2, -0.15) is 0 Å². The van der Waals surface area contributed by atoms with Crippen LogP contribution in [0.2, 0.25) is 0 Å². The minimum Gasteiger partial charge on any atom is -0.369 e. The maximum atomic E-state index is 13.3. The summed E-state index contributed by atoms with van der Waals surface area (Å²) >= 11 is 0. The summed E-state index contributed by atoms with van der Waals surface area (Å²) in [5.74, 6) is -0.577. The molecule has 0 radical (unpaired) electrons. The molecule has 110 valence electrons. The molecule has 0 saturated carbocycles. The van der Waals surface area contributed by atoms with Crippen LogP contribution < -0.4 is 10.6 Å². The zero-order valence-corrected chi connectivity index (χ0v) is 11.6. The summed E-state index contributed by atoms with van der Waals surface area (Å²) < 4.78 is 13.3. The Bertz CT molecular complexity index is 668. The molecule has 1 saturated heterocycles. The third-order valence-electron chi connectivity index (χ3n) is 3.77. The first-order valence-electron chi connectivity index (χ1n) is 6.93. The van der Waals surface area contributed by atoms with Gasteiger partial charge < -0.3 is 10.6 Å². The van der Waals surface area contributed by atoms with Gasteiger partial charge >= 0.3 is 0 Å². The molecule has 3 rings (SSSR count). The second kappa shape index (κ2) is 5.65. The highest BCUT2D eigenvalue weighted by atomic mass is 19.1. The first kappa shape index (κ1) is 13.8. The van der Waals surface area contributed by atoms with E-state index in [1.807, 2.05) is 11.0 Å². The average Bonchev–Trinajstić information content (AvgIpc) is 2.46. The number of hydrogen-bond acceptors (Lipinski definition) is 4. The molecule has 6 heteroatoms. The van der Waals surface area contributed by atoms with Gasteiger partial charge in [-0.3, -0.25) is 14.7 Å². The van der Waals surface area contributed by atoms with Crippen LogP contribution in [0.3, 0.4) is 0 Å². The number of hydrogen-bond donors (Lipinski definition) is 1. The highest BCUT2D eigenvalue weighted by molar-refractivity contribution is 5.91. The largest absolute Gasteiger partial charge is 0.369 e. The maximum Gasteiger partial charge on any atom is 0.231 e. The summed E-state index contributed by atoms with van der Waals surface area (Å²) in [4.78, 5) is 19.4. The Morgan fingerprint density at radius 1 is 1.24 bits per heavy atom. The van der Waals surface area contributed by atoms with E-state index < -0.39 is 0 Å². The van der Waals surface area contributed by atoms with Crippen molar-refractivity contribution in [1.29, 1.82) is 0 Å². The number of amides is 1. The first-order valence-corrected chi connectivity index (χ1v) is 6.93. The van der Waals surface area contributed by atoms with Crippen molar-refractivity contribution in [2.24, 2.45) is 5.73 Å². The van der Waals surface area contributed by atoms with Gasteiger partial charge in [0.1, 0.15) is 5.82 Å². The van der Waals surface area contributed by atoms with Crippen molar-refractivity contribution in [1.82, 2.24) is 9.88 Å². The molecule has 1 aliphatic rings. The van der Waals surface area contributed by atoms with Crippen LogP contribution in [0, 0.1) is 5.82 Å². The number of fused-ring (bicyclic) bond motifs is 1. The number of anilines is 1. The summed E-state index contributed by atoms with van der Waals surface area (Å²) in [6.07, 6.45) is 1.70. The molecule has 1 fully saturated rings. The number of carbonyl (C=O) groups excluding carboxylic acids is 1. The standard InChI is InChI=1S/C15H17FN4O/c16-11-1-2-12-13(9-11)18-4-3-14(12)20-7-5-19(6-8-20)10-15(17)21/h1-4,9H,5-8,10H2,(H2,17,21). The van der Waals surface area contributed by atoms with Crippen molar-refractivity contribution in [2.45, 2.75) is 0 Å². The number of benzene rings is 1. The number of pyridine rings is 1. The Morgan fingerprint density at radius 2 is 2.00 bits per heavy atom. The van der Waals surface area contributed by atoms with Gasteiger partial charge in [0.25, 0.3) is 0 Å². The molecule has 2 aromatic rings. The van der Waals surface area contributed by atoms with Crippen LogP contribution in [0.5, 0.6) is 0 Å². The molecule has 21 heavy (non-hydrogen) atoms. The molecule has 1 aromatic carbocycles. The summed E-state index contributed by atoms with van der Waals surface area (Å²) in [6.45, 7) is 3.49. The molecule has 5 nitrogen and oxygen atoms in total. The average molecular weight is 288 g/mol. The van der Waals surface area contributed by atoms with Crippen LogP contribution in [0.25, 0.3) is 10.9 Å². The number of halogens is 1. The van der Waals surface area contributed by atoms with E-state index >= 15 is 0 Å². The normalized spacial score (nSPS) is 16.3. The fraction of sp³-hybridized carbons (Fsp3) is 0.333. The predicted molar refractivity (Wildman–Crippen MR) is 79.5 cm³/mol. The topological polar surface area (TPSA) is 62.5 Å². The molecule has 1 amide bonds. The zero-order valence-electron chi connectivity index (χ0n) is 11.6. The lowest BCUT2D eigenvalue weighted by atomic mass is 10.1. The van der Waals surface area contributed by atoms with Crippen molar-refractivity contribution in [3.63, 3.8) is 0 Å². The highest BCUT2D eigenvalue weighted by Gasteiger charge is 2.19. The van der Waals surface area contributed by atoms with Gasteiger partial charge in [0, 0.05) is 49.5 Å². The molecule has 0 atom stereocenters. The quantitative estimate of drug-likeness (QED) is 0.914. The number of primary amides is 1. The number of nitrogens with zero attached hydrogens (tertiary/aromatic N) is 3. The molecule has 2 N–H and O–H groups in total. The van der Waals surface area contributed by atoms with E-state index in [1.54, 1.807) is 12.3 Å². The van der Waals surface area contributed by atoms with Crippen LogP contribution in [0.4, 0.5) is 10.1 Å². The van der Waals surface area contributed by atoms with Gasteiger partial charge in [-0.25, -0.2) is 4.39 Å². The van der Waals surface area contributed by atoms with Crippen LogP contribution in [0.15, 0.2) is 30.5 Å². The summed E-state index contributed by atoms with van der Waals surface area (Å²) in [5.41, 5.74) is 6.93. The second-order valence-corrected chi connectivity index (χ2v) is 5.22. The Labute approximate surface area is 122 Å². The van der Waals surface area contributed by atoms with E-state index in [9.17, 15) is 9.18 Å². The maximum absolute atomic E-state index is 13.3. The van der Waals surface area contributed by atoms with Crippen LogP contribution >= 0.6 is 0 Å².